The van der Waals surface area contributed by atoms with Crippen LogP contribution in [0.15, 0.2) is 0 Å². The molecular formula is H2CeLaMgZr. The third kappa shape index (κ3) is 9.52. The maximum absolute atomic E-state index is 0. The first-order valence-corrected chi connectivity index (χ1v) is 0. The summed E-state index contributed by atoms with van der Waals surface area (Å²) in [5.41, 5.74) is 0. The quantitative estimate of drug-likeness (QED) is 0.500. The van der Waals surface area contributed by atoms with Gasteiger partial charge in [-0.3, -0.25) is 0 Å². The van der Waals surface area contributed by atoms with Gasteiger partial charge in [-0.05, 0) is 0 Å². The molecule has 0 nitrogen and oxygen atoms in total. The van der Waals surface area contributed by atoms with Crippen LogP contribution < -0.4 is 0 Å². The minimum atomic E-state index is 0. The average molecular weight is 397 g/mol. The van der Waals surface area contributed by atoms with E-state index >= 15 is 0 Å². The van der Waals surface area contributed by atoms with Crippen LogP contribution in [0.25, 0.3) is 0 Å². The molecule has 0 bridgehead atoms. The van der Waals surface area contributed by atoms with E-state index in [0.717, 1.165) is 0 Å². The van der Waals surface area contributed by atoms with Gasteiger partial charge in [-0.25, -0.2) is 0 Å². The molecule has 0 atom stereocenters. The predicted molar refractivity (Wildman–Crippen MR) is 7.98 cm³/mol. The molecule has 0 fully saturated rings. The normalized spacial score (nSPS) is 0. The van der Waals surface area contributed by atoms with Gasteiger partial charge in [0.15, 0.2) is 0 Å². The van der Waals surface area contributed by atoms with Gasteiger partial charge in [-0.2, -0.15) is 0 Å². The summed E-state index contributed by atoms with van der Waals surface area (Å²) < 4.78 is 0. The summed E-state index contributed by atoms with van der Waals surface area (Å²) in [6.07, 6.45) is 0. The van der Waals surface area contributed by atoms with Crippen LogP contribution in [0.2, 0.25) is 0 Å². The molecule has 15 valence electrons. The third-order valence-electron chi connectivity index (χ3n) is 0. The van der Waals surface area contributed by atoms with Gasteiger partial charge >= 0.3 is 23.1 Å². The molecule has 0 rings (SSSR count). The molecular weight excluding hydrogens is 395 g/mol. The first-order valence-electron chi connectivity index (χ1n) is 0. The minimum absolute atomic E-state index is 0. The number of hydrogen-bond acceptors (Lipinski definition) is 0. The van der Waals surface area contributed by atoms with Crippen LogP contribution in [-0.2, 0) is 26.2 Å². The van der Waals surface area contributed by atoms with Crippen LogP contribution in [-0.4, -0.2) is 23.1 Å². The molecule has 0 aromatic heterocycles. The zero-order valence-corrected chi connectivity index (χ0v) is 12.9. The maximum atomic E-state index is 0. The Hall–Kier alpha value is 4.22. The van der Waals surface area contributed by atoms with Crippen molar-refractivity contribution in [3.8, 4) is 0 Å². The van der Waals surface area contributed by atoms with E-state index in [1.165, 1.54) is 0 Å². The van der Waals surface area contributed by atoms with Gasteiger partial charge < -0.3 is 2.85 Å². The summed E-state index contributed by atoms with van der Waals surface area (Å²) in [4.78, 5) is 0. The first kappa shape index (κ1) is 24.1. The van der Waals surface area contributed by atoms with Gasteiger partial charge in [-0.1, -0.05) is 0 Å². The van der Waals surface area contributed by atoms with E-state index in [1.54, 1.807) is 0 Å². The van der Waals surface area contributed by atoms with Crippen molar-refractivity contribution in [2.45, 2.75) is 0 Å². The van der Waals surface area contributed by atoms with E-state index in [9.17, 15) is 0 Å². The van der Waals surface area contributed by atoms with Crippen LogP contribution in [0.4, 0.5) is 0 Å². The van der Waals surface area contributed by atoms with Crippen molar-refractivity contribution >= 4 is 23.1 Å². The molecule has 0 N–H and O–H groups in total. The number of rotatable bonds is 0. The van der Waals surface area contributed by atoms with Gasteiger partial charge in [-0.15, -0.1) is 0 Å². The van der Waals surface area contributed by atoms with Gasteiger partial charge in [0.1, 0.15) is 0 Å². The number of hydrogen-bond donors (Lipinski definition) is 0. The predicted octanol–water partition coefficient (Wildman–Crippen LogP) is -0.158. The smallest absolute Gasteiger partial charge is 1.00 e. The molecule has 4 heavy (non-hydrogen) atoms. The fraction of sp³-hybridized carbons (Fsp3) is 0. The van der Waals surface area contributed by atoms with Crippen LogP contribution in [0.1, 0.15) is 2.85 Å². The molecule has 4 heteroatoms. The van der Waals surface area contributed by atoms with E-state index in [0.29, 0.717) is 0 Å². The van der Waals surface area contributed by atoms with Crippen LogP contribution >= 0.6 is 0 Å². The second kappa shape index (κ2) is 15.7. The zero-order chi connectivity index (χ0) is 0. The molecule has 0 aromatic rings. The Morgan fingerprint density at radius 2 is 1.25 bits per heavy atom. The molecule has 0 aliphatic heterocycles. The molecule has 0 aliphatic rings. The van der Waals surface area contributed by atoms with Crippen molar-refractivity contribution < 1.29 is 106 Å². The van der Waals surface area contributed by atoms with E-state index in [1.807, 2.05) is 0 Å². The van der Waals surface area contributed by atoms with Crippen molar-refractivity contribution in [2.75, 3.05) is 0 Å². The Kier molecular flexibility index (Phi) is 94.3. The Balaban J connectivity index is 0. The minimum Gasteiger partial charge on any atom is -1.00 e. The fourth-order valence-corrected chi connectivity index (χ4v) is 0. The molecule has 0 saturated carbocycles. The van der Waals surface area contributed by atoms with Crippen LogP contribution in [0.3, 0.4) is 0 Å². The van der Waals surface area contributed by atoms with Crippen molar-refractivity contribution in [2.24, 2.45) is 0 Å². The zero-order valence-electron chi connectivity index (χ0n) is 4.28. The maximum Gasteiger partial charge on any atom is 2.00 e. The second-order valence-electron chi connectivity index (χ2n) is 0. The summed E-state index contributed by atoms with van der Waals surface area (Å²) in [6.45, 7) is 0. The molecule has 0 saturated heterocycles. The van der Waals surface area contributed by atoms with Crippen LogP contribution in [0.5, 0.6) is 0 Å². The molecule has 0 aliphatic carbocycles. The molecule has 1 radical (unpaired) electrons. The molecule has 0 heterocycles. The van der Waals surface area contributed by atoms with Crippen molar-refractivity contribution in [3.63, 3.8) is 0 Å². The van der Waals surface area contributed by atoms with E-state index in [2.05, 4.69) is 0 Å². The van der Waals surface area contributed by atoms with E-state index in [4.69, 9.17) is 0 Å². The van der Waals surface area contributed by atoms with Gasteiger partial charge in [0.2, 0.25) is 0 Å². The van der Waals surface area contributed by atoms with Gasteiger partial charge in [0.05, 0.1) is 0 Å². The third-order valence-corrected chi connectivity index (χ3v) is 0. The summed E-state index contributed by atoms with van der Waals surface area (Å²) in [7, 11) is 0. The summed E-state index contributed by atoms with van der Waals surface area (Å²) in [6, 6.07) is 0. The van der Waals surface area contributed by atoms with E-state index in [-0.39, 0.29) is 129 Å². The monoisotopic (exact) mass is 395 g/mol. The molecule has 0 aromatic carbocycles. The Bertz CT molecular complexity index is 13.5. The topological polar surface area (TPSA) is 0 Å². The van der Waals surface area contributed by atoms with Gasteiger partial charge in [0, 0.05) is 104 Å². The summed E-state index contributed by atoms with van der Waals surface area (Å²) in [5, 5.41) is 0. The fourth-order valence-electron chi connectivity index (χ4n) is 0. The van der Waals surface area contributed by atoms with Gasteiger partial charge in [0.25, 0.3) is 0 Å². The standard InChI is InChI=1S/Ce.La.Mg.Zr.2H/q;;+2;;2*-1. The molecule has 0 amide bonds. The van der Waals surface area contributed by atoms with Crippen molar-refractivity contribution in [1.82, 2.24) is 0 Å². The first-order chi connectivity index (χ1) is 0. The Morgan fingerprint density at radius 3 is 1.25 bits per heavy atom. The summed E-state index contributed by atoms with van der Waals surface area (Å²) in [5.74, 6) is 0. The van der Waals surface area contributed by atoms with Crippen molar-refractivity contribution in [3.05, 3.63) is 0 Å². The Morgan fingerprint density at radius 1 is 1.25 bits per heavy atom. The van der Waals surface area contributed by atoms with Crippen LogP contribution in [0, 0.1) is 77.3 Å². The SMILES string of the molecule is [Ce].[H-].[H-].[La].[Mg+2].[Zr]. The second-order valence-corrected chi connectivity index (χ2v) is 0. The average Bonchev–Trinajstić information content (AvgIpc) is 0. The molecule has 0 spiro atoms. The largest absolute Gasteiger partial charge is 2.00 e. The Labute approximate surface area is 126 Å². The molecule has 0 unspecified atom stereocenters. The van der Waals surface area contributed by atoms with E-state index < -0.39 is 0 Å². The van der Waals surface area contributed by atoms with Crippen molar-refractivity contribution in [1.29, 1.82) is 0 Å². The summed E-state index contributed by atoms with van der Waals surface area (Å²) >= 11 is 0.